The lowest BCUT2D eigenvalue weighted by molar-refractivity contribution is 0.709. The average molecular weight is 202 g/mol. The monoisotopic (exact) mass is 201 g/mol. The zero-order valence-corrected chi connectivity index (χ0v) is 9.31. The van der Waals surface area contributed by atoms with Crippen molar-refractivity contribution in [1.29, 1.82) is 0 Å². The summed E-state index contributed by atoms with van der Waals surface area (Å²) in [5.41, 5.74) is 0.926. The van der Waals surface area contributed by atoms with Crippen LogP contribution in [0.5, 0.6) is 0 Å². The summed E-state index contributed by atoms with van der Waals surface area (Å²) in [7, 11) is 3.84. The predicted molar refractivity (Wildman–Crippen MR) is 55.1 cm³/mol. The number of aromatic nitrogens is 2. The van der Waals surface area contributed by atoms with E-state index in [1.165, 1.54) is 0 Å². The van der Waals surface area contributed by atoms with Crippen LogP contribution in [-0.2, 0) is 13.6 Å². The van der Waals surface area contributed by atoms with Gasteiger partial charge in [0, 0.05) is 19.5 Å². The Kier molecular flexibility index (Phi) is 3.33. The number of imidazole rings is 1. The molecule has 1 heterocycles. The Morgan fingerprint density at radius 2 is 2.15 bits per heavy atom. The van der Waals surface area contributed by atoms with Crippen molar-refractivity contribution in [3.63, 3.8) is 0 Å². The van der Waals surface area contributed by atoms with Crippen LogP contribution in [0, 0.1) is 0 Å². The van der Waals surface area contributed by atoms with Gasteiger partial charge in [-0.3, -0.25) is 0 Å². The second-order valence-corrected chi connectivity index (χ2v) is 3.81. The van der Waals surface area contributed by atoms with Gasteiger partial charge < -0.3 is 9.88 Å². The molecule has 0 amide bonds. The third kappa shape index (κ3) is 2.03. The van der Waals surface area contributed by atoms with Crippen LogP contribution in [0.1, 0.15) is 31.3 Å². The molecule has 0 atom stereocenters. The Morgan fingerprint density at radius 3 is 2.54 bits per heavy atom. The van der Waals surface area contributed by atoms with Crippen LogP contribution in [-0.4, -0.2) is 16.6 Å². The van der Waals surface area contributed by atoms with Gasteiger partial charge in [-0.15, -0.1) is 0 Å². The van der Waals surface area contributed by atoms with E-state index < -0.39 is 0 Å². The summed E-state index contributed by atoms with van der Waals surface area (Å²) in [5, 5.41) is 3.78. The first kappa shape index (κ1) is 10.5. The van der Waals surface area contributed by atoms with Crippen LogP contribution >= 0.6 is 11.6 Å². The predicted octanol–water partition coefficient (Wildman–Crippen LogP) is 1.92. The lowest BCUT2D eigenvalue weighted by Crippen LogP contribution is -2.05. The topological polar surface area (TPSA) is 29.9 Å². The summed E-state index contributed by atoms with van der Waals surface area (Å²) in [6.07, 6.45) is 0. The molecule has 74 valence electrons. The van der Waals surface area contributed by atoms with Gasteiger partial charge in [-0.2, -0.15) is 0 Å². The summed E-state index contributed by atoms with van der Waals surface area (Å²) in [6, 6.07) is 0. The Labute approximate surface area is 84.1 Å². The smallest absolute Gasteiger partial charge is 0.133 e. The quantitative estimate of drug-likeness (QED) is 0.810. The maximum absolute atomic E-state index is 6.10. The fourth-order valence-corrected chi connectivity index (χ4v) is 1.55. The van der Waals surface area contributed by atoms with Crippen molar-refractivity contribution in [3.05, 3.63) is 16.7 Å². The molecule has 1 aromatic rings. The fourth-order valence-electron chi connectivity index (χ4n) is 1.35. The average Bonchev–Trinajstić information content (AvgIpc) is 2.33. The van der Waals surface area contributed by atoms with Crippen LogP contribution in [0.2, 0.25) is 5.15 Å². The summed E-state index contributed by atoms with van der Waals surface area (Å²) in [5.74, 6) is 1.45. The number of hydrogen-bond acceptors (Lipinski definition) is 2. The highest BCUT2D eigenvalue weighted by atomic mass is 35.5. The Hall–Kier alpha value is -0.540. The third-order valence-corrected chi connectivity index (χ3v) is 2.46. The van der Waals surface area contributed by atoms with Crippen LogP contribution in [0.3, 0.4) is 0 Å². The van der Waals surface area contributed by atoms with Crippen molar-refractivity contribution < 1.29 is 0 Å². The zero-order chi connectivity index (χ0) is 10.0. The number of nitrogens with zero attached hydrogens (tertiary/aromatic N) is 2. The second kappa shape index (κ2) is 4.11. The maximum atomic E-state index is 6.10. The standard InChI is InChI=1S/C9H16ClN3/c1-6(2)9-12-7(5-11-3)8(10)13(9)4/h6,11H,5H2,1-4H3. The van der Waals surface area contributed by atoms with Gasteiger partial charge in [0.2, 0.25) is 0 Å². The van der Waals surface area contributed by atoms with Crippen molar-refractivity contribution in [1.82, 2.24) is 14.9 Å². The van der Waals surface area contributed by atoms with Gasteiger partial charge >= 0.3 is 0 Å². The Bertz CT molecular complexity index is 291. The van der Waals surface area contributed by atoms with E-state index in [1.807, 2.05) is 18.7 Å². The van der Waals surface area contributed by atoms with Crippen molar-refractivity contribution >= 4 is 11.6 Å². The van der Waals surface area contributed by atoms with Gasteiger partial charge in [0.15, 0.2) is 0 Å². The van der Waals surface area contributed by atoms with Gasteiger partial charge in [-0.05, 0) is 7.05 Å². The molecule has 0 aromatic carbocycles. The molecule has 0 radical (unpaired) electrons. The first-order valence-electron chi connectivity index (χ1n) is 4.43. The van der Waals surface area contributed by atoms with Crippen LogP contribution in [0.15, 0.2) is 0 Å². The minimum absolute atomic E-state index is 0.410. The van der Waals surface area contributed by atoms with Crippen molar-refractivity contribution in [2.75, 3.05) is 7.05 Å². The lowest BCUT2D eigenvalue weighted by atomic mass is 10.2. The molecule has 0 spiro atoms. The van der Waals surface area contributed by atoms with Crippen LogP contribution in [0.25, 0.3) is 0 Å². The van der Waals surface area contributed by atoms with Gasteiger partial charge in [0.25, 0.3) is 0 Å². The van der Waals surface area contributed by atoms with E-state index >= 15 is 0 Å². The third-order valence-electron chi connectivity index (χ3n) is 1.99. The second-order valence-electron chi connectivity index (χ2n) is 3.45. The molecule has 0 saturated heterocycles. The summed E-state index contributed by atoms with van der Waals surface area (Å²) >= 11 is 6.10. The molecule has 3 nitrogen and oxygen atoms in total. The highest BCUT2D eigenvalue weighted by Crippen LogP contribution is 2.21. The molecule has 1 N–H and O–H groups in total. The van der Waals surface area contributed by atoms with Crippen molar-refractivity contribution in [2.45, 2.75) is 26.3 Å². The van der Waals surface area contributed by atoms with E-state index in [0.29, 0.717) is 5.92 Å². The van der Waals surface area contributed by atoms with Crippen molar-refractivity contribution in [2.24, 2.45) is 7.05 Å². The molecule has 0 aliphatic heterocycles. The number of hydrogen-bond donors (Lipinski definition) is 1. The van der Waals surface area contributed by atoms with E-state index in [1.54, 1.807) is 0 Å². The molecule has 0 saturated carbocycles. The zero-order valence-electron chi connectivity index (χ0n) is 8.56. The summed E-state index contributed by atoms with van der Waals surface area (Å²) < 4.78 is 1.94. The largest absolute Gasteiger partial charge is 0.322 e. The molecule has 1 aromatic heterocycles. The Morgan fingerprint density at radius 1 is 1.54 bits per heavy atom. The normalized spacial score (nSPS) is 11.2. The molecule has 0 bridgehead atoms. The van der Waals surface area contributed by atoms with Crippen molar-refractivity contribution in [3.8, 4) is 0 Å². The maximum Gasteiger partial charge on any atom is 0.133 e. The molecule has 4 heteroatoms. The molecule has 0 aliphatic rings. The van der Waals surface area contributed by atoms with Crippen LogP contribution < -0.4 is 5.32 Å². The highest BCUT2D eigenvalue weighted by molar-refractivity contribution is 6.30. The van der Waals surface area contributed by atoms with E-state index in [0.717, 1.165) is 23.2 Å². The van der Waals surface area contributed by atoms with Gasteiger partial charge in [0.1, 0.15) is 11.0 Å². The fraction of sp³-hybridized carbons (Fsp3) is 0.667. The Balaban J connectivity index is 3.05. The van der Waals surface area contributed by atoms with E-state index in [2.05, 4.69) is 24.1 Å². The SMILES string of the molecule is CNCc1nc(C(C)C)n(C)c1Cl. The van der Waals surface area contributed by atoms with E-state index in [-0.39, 0.29) is 0 Å². The minimum atomic E-state index is 0.410. The highest BCUT2D eigenvalue weighted by Gasteiger charge is 2.13. The number of rotatable bonds is 3. The first-order chi connectivity index (χ1) is 6.07. The van der Waals surface area contributed by atoms with E-state index in [4.69, 9.17) is 11.6 Å². The molecular formula is C9H16ClN3. The summed E-state index contributed by atoms with van der Waals surface area (Å²) in [4.78, 5) is 4.47. The summed E-state index contributed by atoms with van der Waals surface area (Å²) in [6.45, 7) is 4.95. The van der Waals surface area contributed by atoms with Gasteiger partial charge in [-0.25, -0.2) is 4.98 Å². The minimum Gasteiger partial charge on any atom is -0.322 e. The van der Waals surface area contributed by atoms with Crippen LogP contribution in [0.4, 0.5) is 0 Å². The first-order valence-corrected chi connectivity index (χ1v) is 4.81. The molecule has 13 heavy (non-hydrogen) atoms. The molecule has 1 rings (SSSR count). The molecule has 0 aliphatic carbocycles. The van der Waals surface area contributed by atoms with E-state index in [9.17, 15) is 0 Å². The van der Waals surface area contributed by atoms with Gasteiger partial charge in [0.05, 0.1) is 5.69 Å². The lowest BCUT2D eigenvalue weighted by Gasteiger charge is -2.03. The molecular weight excluding hydrogens is 186 g/mol. The molecule has 0 unspecified atom stereocenters. The number of halogens is 1. The number of nitrogens with one attached hydrogen (secondary N) is 1. The van der Waals surface area contributed by atoms with Gasteiger partial charge in [-0.1, -0.05) is 25.4 Å². The molecule has 0 fully saturated rings.